The number of methoxy groups -OCH3 is 2. The maximum Gasteiger partial charge on any atom is 0.291 e. The van der Waals surface area contributed by atoms with Crippen molar-refractivity contribution in [2.24, 2.45) is 0 Å². The van der Waals surface area contributed by atoms with Gasteiger partial charge in [-0.2, -0.15) is 0 Å². The van der Waals surface area contributed by atoms with Crippen molar-refractivity contribution in [3.05, 3.63) is 69.4 Å². The number of benzene rings is 2. The molecule has 0 spiro atoms. The molecule has 0 aliphatic carbocycles. The van der Waals surface area contributed by atoms with E-state index in [1.807, 2.05) is 0 Å². The Balaban J connectivity index is 2.03. The van der Waals surface area contributed by atoms with E-state index >= 15 is 0 Å². The Bertz CT molecular complexity index is 767. The summed E-state index contributed by atoms with van der Waals surface area (Å²) in [5.41, 5.74) is 1.33. The number of hydrogen-bond acceptors (Lipinski definition) is 5. The van der Waals surface area contributed by atoms with E-state index in [0.29, 0.717) is 28.4 Å². The predicted molar refractivity (Wildman–Crippen MR) is 84.3 cm³/mol. The fourth-order valence-corrected chi connectivity index (χ4v) is 2.45. The molecule has 0 unspecified atom stereocenters. The standard InChI is InChI=1S/C17H15NO5/c1-21-13-6-3-11(4-7-13)17-15(18(19)20)9-12-5-8-14(22-2)10-16(12)23-17/h3-10,17H,1-2H3/t17-/m1/s1. The Morgan fingerprint density at radius 2 is 1.70 bits per heavy atom. The lowest BCUT2D eigenvalue weighted by molar-refractivity contribution is -0.434. The maximum atomic E-state index is 11.4. The molecule has 1 atom stereocenters. The summed E-state index contributed by atoms with van der Waals surface area (Å²) in [6, 6.07) is 12.2. The average molecular weight is 313 g/mol. The van der Waals surface area contributed by atoms with Gasteiger partial charge in [-0.05, 0) is 24.3 Å². The first-order valence-electron chi connectivity index (χ1n) is 6.97. The smallest absolute Gasteiger partial charge is 0.291 e. The van der Waals surface area contributed by atoms with Crippen molar-refractivity contribution in [1.82, 2.24) is 0 Å². The molecule has 6 heteroatoms. The van der Waals surface area contributed by atoms with Gasteiger partial charge in [-0.1, -0.05) is 12.1 Å². The molecule has 0 N–H and O–H groups in total. The molecule has 0 bridgehead atoms. The number of nitrogens with zero attached hydrogens (tertiary/aromatic N) is 1. The Morgan fingerprint density at radius 3 is 2.30 bits per heavy atom. The molecule has 0 aromatic heterocycles. The second kappa shape index (κ2) is 6.00. The van der Waals surface area contributed by atoms with E-state index < -0.39 is 11.0 Å². The molecular weight excluding hydrogens is 298 g/mol. The van der Waals surface area contributed by atoms with E-state index in [4.69, 9.17) is 14.2 Å². The summed E-state index contributed by atoms with van der Waals surface area (Å²) in [7, 11) is 3.13. The lowest BCUT2D eigenvalue weighted by Crippen LogP contribution is -2.19. The molecule has 0 radical (unpaired) electrons. The maximum absolute atomic E-state index is 11.4. The zero-order chi connectivity index (χ0) is 16.4. The molecular formula is C17H15NO5. The molecule has 23 heavy (non-hydrogen) atoms. The molecule has 0 fully saturated rings. The number of rotatable bonds is 4. The van der Waals surface area contributed by atoms with Gasteiger partial charge in [0, 0.05) is 23.3 Å². The van der Waals surface area contributed by atoms with Crippen molar-refractivity contribution < 1.29 is 19.1 Å². The Kier molecular flexibility index (Phi) is 3.89. The van der Waals surface area contributed by atoms with E-state index in [0.717, 1.165) is 0 Å². The van der Waals surface area contributed by atoms with E-state index in [2.05, 4.69) is 0 Å². The van der Waals surface area contributed by atoms with Crippen molar-refractivity contribution in [3.63, 3.8) is 0 Å². The normalized spacial score (nSPS) is 15.9. The van der Waals surface area contributed by atoms with Crippen LogP contribution in [0.5, 0.6) is 17.2 Å². The highest BCUT2D eigenvalue weighted by atomic mass is 16.6. The predicted octanol–water partition coefficient (Wildman–Crippen LogP) is 3.46. The zero-order valence-corrected chi connectivity index (χ0v) is 12.7. The Labute approximate surface area is 133 Å². The van der Waals surface area contributed by atoms with Crippen LogP contribution in [0.2, 0.25) is 0 Å². The first-order valence-corrected chi connectivity index (χ1v) is 6.97. The van der Waals surface area contributed by atoms with Gasteiger partial charge in [0.1, 0.15) is 17.2 Å². The quantitative estimate of drug-likeness (QED) is 0.638. The van der Waals surface area contributed by atoms with Crippen molar-refractivity contribution in [2.75, 3.05) is 14.2 Å². The minimum Gasteiger partial charge on any atom is -0.497 e. The lowest BCUT2D eigenvalue weighted by atomic mass is 10.0. The highest BCUT2D eigenvalue weighted by Gasteiger charge is 2.33. The second-order valence-electron chi connectivity index (χ2n) is 5.00. The molecule has 1 aliphatic heterocycles. The molecule has 2 aromatic rings. The summed E-state index contributed by atoms with van der Waals surface area (Å²) < 4.78 is 16.2. The molecule has 118 valence electrons. The van der Waals surface area contributed by atoms with Crippen LogP contribution in [0.4, 0.5) is 0 Å². The van der Waals surface area contributed by atoms with Gasteiger partial charge in [0.05, 0.1) is 19.1 Å². The lowest BCUT2D eigenvalue weighted by Gasteiger charge is -2.23. The number of fused-ring (bicyclic) bond motifs is 1. The van der Waals surface area contributed by atoms with Crippen LogP contribution in [0.25, 0.3) is 6.08 Å². The third-order valence-electron chi connectivity index (χ3n) is 3.67. The molecule has 1 heterocycles. The Hall–Kier alpha value is -3.02. The summed E-state index contributed by atoms with van der Waals surface area (Å²) in [6.07, 6.45) is 0.753. The van der Waals surface area contributed by atoms with Gasteiger partial charge < -0.3 is 14.2 Å². The van der Waals surface area contributed by atoms with Crippen LogP contribution in [-0.4, -0.2) is 19.1 Å². The second-order valence-corrected chi connectivity index (χ2v) is 5.00. The summed E-state index contributed by atoms with van der Waals surface area (Å²) in [5, 5.41) is 11.4. The first kappa shape index (κ1) is 14.9. The van der Waals surface area contributed by atoms with E-state index in [9.17, 15) is 10.1 Å². The summed E-state index contributed by atoms with van der Waals surface area (Å²) in [5.74, 6) is 1.87. The van der Waals surface area contributed by atoms with Crippen LogP contribution in [-0.2, 0) is 0 Å². The van der Waals surface area contributed by atoms with Crippen molar-refractivity contribution in [1.29, 1.82) is 0 Å². The first-order chi connectivity index (χ1) is 11.1. The third-order valence-corrected chi connectivity index (χ3v) is 3.67. The fraction of sp³-hybridized carbons (Fsp3) is 0.176. The highest BCUT2D eigenvalue weighted by Crippen LogP contribution is 2.39. The minimum absolute atomic E-state index is 0.00664. The van der Waals surface area contributed by atoms with Gasteiger partial charge in [-0.3, -0.25) is 10.1 Å². The average Bonchev–Trinajstić information content (AvgIpc) is 2.60. The van der Waals surface area contributed by atoms with Gasteiger partial charge in [0.25, 0.3) is 5.70 Å². The minimum atomic E-state index is -0.782. The topological polar surface area (TPSA) is 70.8 Å². The van der Waals surface area contributed by atoms with E-state index in [1.54, 1.807) is 56.7 Å². The highest BCUT2D eigenvalue weighted by molar-refractivity contribution is 5.64. The van der Waals surface area contributed by atoms with E-state index in [-0.39, 0.29) is 5.70 Å². The van der Waals surface area contributed by atoms with Gasteiger partial charge in [0.15, 0.2) is 0 Å². The van der Waals surface area contributed by atoms with Crippen LogP contribution < -0.4 is 14.2 Å². The van der Waals surface area contributed by atoms with Gasteiger partial charge in [0.2, 0.25) is 6.10 Å². The Morgan fingerprint density at radius 1 is 1.04 bits per heavy atom. The van der Waals surface area contributed by atoms with Gasteiger partial charge in [-0.25, -0.2) is 0 Å². The summed E-state index contributed by atoms with van der Waals surface area (Å²) in [4.78, 5) is 11.0. The van der Waals surface area contributed by atoms with Crippen LogP contribution in [0.3, 0.4) is 0 Å². The van der Waals surface area contributed by atoms with Crippen molar-refractivity contribution in [2.45, 2.75) is 6.10 Å². The van der Waals surface area contributed by atoms with Gasteiger partial charge >= 0.3 is 0 Å². The number of hydrogen-bond donors (Lipinski definition) is 0. The molecule has 0 saturated carbocycles. The number of nitro groups is 1. The molecule has 1 aliphatic rings. The number of ether oxygens (including phenoxy) is 3. The molecule has 0 saturated heterocycles. The molecule has 6 nitrogen and oxygen atoms in total. The molecule has 3 rings (SSSR count). The molecule has 2 aromatic carbocycles. The zero-order valence-electron chi connectivity index (χ0n) is 12.7. The van der Waals surface area contributed by atoms with Crippen molar-refractivity contribution in [3.8, 4) is 17.2 Å². The largest absolute Gasteiger partial charge is 0.497 e. The molecule has 0 amide bonds. The van der Waals surface area contributed by atoms with Crippen molar-refractivity contribution >= 4 is 6.08 Å². The van der Waals surface area contributed by atoms with Gasteiger partial charge in [-0.15, -0.1) is 0 Å². The van der Waals surface area contributed by atoms with E-state index in [1.165, 1.54) is 6.08 Å². The monoisotopic (exact) mass is 313 g/mol. The fourth-order valence-electron chi connectivity index (χ4n) is 2.45. The SMILES string of the molecule is COc1ccc([C@H]2Oc3cc(OC)ccc3C=C2[N+](=O)[O-])cc1. The summed E-state index contributed by atoms with van der Waals surface area (Å²) in [6.45, 7) is 0. The van der Waals surface area contributed by atoms with Crippen LogP contribution >= 0.6 is 0 Å². The van der Waals surface area contributed by atoms with Crippen LogP contribution in [0.15, 0.2) is 48.2 Å². The third kappa shape index (κ3) is 2.83. The van der Waals surface area contributed by atoms with Crippen LogP contribution in [0, 0.1) is 10.1 Å². The summed E-state index contributed by atoms with van der Waals surface area (Å²) >= 11 is 0. The van der Waals surface area contributed by atoms with Crippen LogP contribution in [0.1, 0.15) is 17.2 Å².